The van der Waals surface area contributed by atoms with Crippen LogP contribution in [0.15, 0.2) is 24.5 Å². The summed E-state index contributed by atoms with van der Waals surface area (Å²) in [4.78, 5) is 3.92. The van der Waals surface area contributed by atoms with E-state index in [1.54, 1.807) is 26.2 Å². The van der Waals surface area contributed by atoms with Crippen LogP contribution in [0.4, 0.5) is 0 Å². The van der Waals surface area contributed by atoms with E-state index in [4.69, 9.17) is 4.74 Å². The molecule has 0 saturated heterocycles. The topological polar surface area (TPSA) is 42.4 Å². The van der Waals surface area contributed by atoms with Crippen LogP contribution in [-0.2, 0) is 11.3 Å². The van der Waals surface area contributed by atoms with Crippen LogP contribution in [0.3, 0.4) is 0 Å². The molecule has 0 saturated carbocycles. The van der Waals surface area contributed by atoms with Gasteiger partial charge in [0.15, 0.2) is 5.79 Å². The van der Waals surface area contributed by atoms with Gasteiger partial charge in [0.1, 0.15) is 0 Å². The summed E-state index contributed by atoms with van der Waals surface area (Å²) >= 11 is 0. The highest BCUT2D eigenvalue weighted by Gasteiger charge is 2.11. The summed E-state index contributed by atoms with van der Waals surface area (Å²) in [5.74, 6) is -1.07. The Balaban J connectivity index is 2.44. The summed E-state index contributed by atoms with van der Waals surface area (Å²) in [6.07, 6.45) is 3.42. The lowest BCUT2D eigenvalue weighted by Crippen LogP contribution is -2.22. The Morgan fingerprint density at radius 3 is 2.83 bits per heavy atom. The first-order valence-corrected chi connectivity index (χ1v) is 3.83. The van der Waals surface area contributed by atoms with E-state index in [0.717, 1.165) is 5.56 Å². The van der Waals surface area contributed by atoms with Crippen molar-refractivity contribution < 1.29 is 9.84 Å². The fourth-order valence-corrected chi connectivity index (χ4v) is 0.743. The monoisotopic (exact) mass is 167 g/mol. The van der Waals surface area contributed by atoms with Crippen molar-refractivity contribution in [2.75, 3.05) is 0 Å². The number of pyridine rings is 1. The second kappa shape index (κ2) is 3.65. The molecule has 0 aromatic carbocycles. The first-order valence-electron chi connectivity index (χ1n) is 3.83. The lowest BCUT2D eigenvalue weighted by molar-refractivity contribution is -0.183. The van der Waals surface area contributed by atoms with Crippen LogP contribution in [0, 0.1) is 0 Å². The third-order valence-electron chi connectivity index (χ3n) is 1.31. The molecule has 0 atom stereocenters. The van der Waals surface area contributed by atoms with Crippen molar-refractivity contribution in [3.8, 4) is 0 Å². The molecule has 12 heavy (non-hydrogen) atoms. The van der Waals surface area contributed by atoms with Crippen LogP contribution in [0.1, 0.15) is 19.4 Å². The molecule has 0 bridgehead atoms. The van der Waals surface area contributed by atoms with Crippen molar-refractivity contribution in [2.45, 2.75) is 26.2 Å². The molecule has 1 N–H and O–H groups in total. The highest BCUT2D eigenvalue weighted by Crippen LogP contribution is 2.07. The average molecular weight is 167 g/mol. The Kier molecular flexibility index (Phi) is 2.78. The zero-order valence-electron chi connectivity index (χ0n) is 7.32. The predicted octanol–water partition coefficient (Wildman–Crippen LogP) is 1.33. The van der Waals surface area contributed by atoms with E-state index in [0.29, 0.717) is 6.61 Å². The Labute approximate surface area is 72.0 Å². The van der Waals surface area contributed by atoms with Crippen LogP contribution in [0.5, 0.6) is 0 Å². The minimum Gasteiger partial charge on any atom is -0.366 e. The molecule has 1 heterocycles. The van der Waals surface area contributed by atoms with Crippen LogP contribution in [-0.4, -0.2) is 15.9 Å². The van der Waals surface area contributed by atoms with Gasteiger partial charge in [0, 0.05) is 12.4 Å². The van der Waals surface area contributed by atoms with Gasteiger partial charge in [0.05, 0.1) is 6.61 Å². The molecule has 66 valence electrons. The summed E-state index contributed by atoms with van der Waals surface area (Å²) in [5.41, 5.74) is 0.958. The van der Waals surface area contributed by atoms with E-state index in [1.165, 1.54) is 0 Å². The van der Waals surface area contributed by atoms with E-state index in [9.17, 15) is 5.11 Å². The van der Waals surface area contributed by atoms with Crippen LogP contribution < -0.4 is 0 Å². The fraction of sp³-hybridized carbons (Fsp3) is 0.444. The molecule has 0 fully saturated rings. The van der Waals surface area contributed by atoms with Gasteiger partial charge in [0.25, 0.3) is 0 Å². The van der Waals surface area contributed by atoms with Gasteiger partial charge in [-0.25, -0.2) is 0 Å². The number of rotatable bonds is 3. The van der Waals surface area contributed by atoms with Crippen molar-refractivity contribution in [2.24, 2.45) is 0 Å². The van der Waals surface area contributed by atoms with Crippen LogP contribution in [0.25, 0.3) is 0 Å². The normalized spacial score (nSPS) is 11.6. The van der Waals surface area contributed by atoms with Gasteiger partial charge in [-0.15, -0.1) is 0 Å². The van der Waals surface area contributed by atoms with Crippen LogP contribution >= 0.6 is 0 Å². The minimum atomic E-state index is -1.07. The lowest BCUT2D eigenvalue weighted by atomic mass is 10.3. The summed E-state index contributed by atoms with van der Waals surface area (Å²) in [7, 11) is 0. The highest BCUT2D eigenvalue weighted by atomic mass is 16.6. The Morgan fingerprint density at radius 1 is 1.58 bits per heavy atom. The molecular weight excluding hydrogens is 154 g/mol. The molecule has 0 aliphatic heterocycles. The summed E-state index contributed by atoms with van der Waals surface area (Å²) in [6.45, 7) is 3.59. The molecule has 3 heteroatoms. The Morgan fingerprint density at radius 2 is 2.33 bits per heavy atom. The van der Waals surface area contributed by atoms with E-state index in [2.05, 4.69) is 4.98 Å². The van der Waals surface area contributed by atoms with Crippen molar-refractivity contribution in [1.82, 2.24) is 4.98 Å². The maximum absolute atomic E-state index is 9.24. The molecule has 1 aromatic rings. The van der Waals surface area contributed by atoms with Crippen molar-refractivity contribution >= 4 is 0 Å². The second-order valence-electron chi connectivity index (χ2n) is 3.10. The molecule has 0 spiro atoms. The average Bonchev–Trinajstić information content (AvgIpc) is 2.02. The minimum absolute atomic E-state index is 0.386. The summed E-state index contributed by atoms with van der Waals surface area (Å²) in [6, 6.07) is 3.74. The standard InChI is InChI=1S/C9H13NO2/c1-9(2,11)12-7-8-4-3-5-10-6-8/h3-6,11H,7H2,1-2H3. The molecule has 0 unspecified atom stereocenters. The van der Waals surface area contributed by atoms with Crippen molar-refractivity contribution in [3.63, 3.8) is 0 Å². The van der Waals surface area contributed by atoms with E-state index >= 15 is 0 Å². The number of nitrogens with zero attached hydrogens (tertiary/aromatic N) is 1. The summed E-state index contributed by atoms with van der Waals surface area (Å²) < 4.78 is 5.13. The van der Waals surface area contributed by atoms with Gasteiger partial charge in [-0.3, -0.25) is 4.98 Å². The zero-order chi connectivity index (χ0) is 9.03. The molecule has 3 nitrogen and oxygen atoms in total. The number of aliphatic hydroxyl groups is 1. The first-order chi connectivity index (χ1) is 5.58. The predicted molar refractivity (Wildman–Crippen MR) is 45.3 cm³/mol. The first kappa shape index (κ1) is 9.16. The molecular formula is C9H13NO2. The number of ether oxygens (including phenoxy) is 1. The lowest BCUT2D eigenvalue weighted by Gasteiger charge is -2.17. The molecule has 0 amide bonds. The largest absolute Gasteiger partial charge is 0.366 e. The highest BCUT2D eigenvalue weighted by molar-refractivity contribution is 5.06. The second-order valence-corrected chi connectivity index (χ2v) is 3.10. The van der Waals surface area contributed by atoms with Gasteiger partial charge >= 0.3 is 0 Å². The third kappa shape index (κ3) is 3.46. The van der Waals surface area contributed by atoms with Gasteiger partial charge in [0.2, 0.25) is 0 Å². The molecule has 0 aliphatic rings. The molecule has 0 radical (unpaired) electrons. The summed E-state index contributed by atoms with van der Waals surface area (Å²) in [5, 5.41) is 9.24. The number of hydrogen-bond donors (Lipinski definition) is 1. The number of hydrogen-bond acceptors (Lipinski definition) is 3. The van der Waals surface area contributed by atoms with Gasteiger partial charge < -0.3 is 9.84 Å². The van der Waals surface area contributed by atoms with E-state index in [1.807, 2.05) is 12.1 Å². The number of aromatic nitrogens is 1. The van der Waals surface area contributed by atoms with Gasteiger partial charge in [-0.05, 0) is 25.5 Å². The fourth-order valence-electron chi connectivity index (χ4n) is 0.743. The Hall–Kier alpha value is -0.930. The molecule has 0 aliphatic carbocycles. The van der Waals surface area contributed by atoms with Crippen molar-refractivity contribution in [1.29, 1.82) is 0 Å². The maximum atomic E-state index is 9.24. The zero-order valence-corrected chi connectivity index (χ0v) is 7.32. The van der Waals surface area contributed by atoms with E-state index < -0.39 is 5.79 Å². The smallest absolute Gasteiger partial charge is 0.160 e. The molecule has 1 rings (SSSR count). The van der Waals surface area contributed by atoms with E-state index in [-0.39, 0.29) is 0 Å². The van der Waals surface area contributed by atoms with Gasteiger partial charge in [-0.1, -0.05) is 6.07 Å². The third-order valence-corrected chi connectivity index (χ3v) is 1.31. The Bertz CT molecular complexity index is 228. The quantitative estimate of drug-likeness (QED) is 0.690. The SMILES string of the molecule is CC(C)(O)OCc1cccnc1. The van der Waals surface area contributed by atoms with Crippen LogP contribution in [0.2, 0.25) is 0 Å². The molecule has 1 aromatic heterocycles. The van der Waals surface area contributed by atoms with Crippen molar-refractivity contribution in [3.05, 3.63) is 30.1 Å². The maximum Gasteiger partial charge on any atom is 0.160 e. The van der Waals surface area contributed by atoms with Gasteiger partial charge in [-0.2, -0.15) is 0 Å².